The van der Waals surface area contributed by atoms with Crippen LogP contribution in [0.1, 0.15) is 57.0 Å². The van der Waals surface area contributed by atoms with Crippen molar-refractivity contribution >= 4 is 16.0 Å². The lowest BCUT2D eigenvalue weighted by Crippen LogP contribution is -2.35. The van der Waals surface area contributed by atoms with Gasteiger partial charge in [0, 0.05) is 24.5 Å². The maximum absolute atomic E-state index is 13.7. The number of nitrogens with zero attached hydrogens (tertiary/aromatic N) is 7. The number of pyridine rings is 1. The first kappa shape index (κ1) is 27.1. The first-order chi connectivity index (χ1) is 18.1. The lowest BCUT2D eigenvalue weighted by molar-refractivity contribution is 0.00152. The van der Waals surface area contributed by atoms with Crippen LogP contribution in [0, 0.1) is 6.92 Å². The SMILES string of the molecule is COc1cccc(-c2nnc(NS(=O)(=O)[C@@H](C)[C@@H](OC(C)C)c3ncc(C)cn3)n2[C@H](C)c2ccno2)n1. The Morgan fingerprint density at radius 3 is 2.42 bits per heavy atom. The molecule has 1 N–H and O–H groups in total. The summed E-state index contributed by atoms with van der Waals surface area (Å²) in [5.74, 6) is 1.37. The largest absolute Gasteiger partial charge is 0.481 e. The summed E-state index contributed by atoms with van der Waals surface area (Å²) in [5.41, 5.74) is 1.27. The van der Waals surface area contributed by atoms with E-state index in [0.29, 0.717) is 23.2 Å². The van der Waals surface area contributed by atoms with E-state index < -0.39 is 27.4 Å². The average Bonchev–Trinajstić information content (AvgIpc) is 3.57. The molecule has 0 aliphatic carbocycles. The fraction of sp³-hybridized carbons (Fsp3) is 0.417. The fourth-order valence-electron chi connectivity index (χ4n) is 3.73. The first-order valence-corrected chi connectivity index (χ1v) is 13.5. The Bertz CT molecular complexity index is 1460. The van der Waals surface area contributed by atoms with E-state index in [1.165, 1.54) is 20.2 Å². The zero-order valence-electron chi connectivity index (χ0n) is 21.9. The van der Waals surface area contributed by atoms with Gasteiger partial charge in [0.25, 0.3) is 0 Å². The monoisotopic (exact) mass is 542 g/mol. The van der Waals surface area contributed by atoms with Crippen LogP contribution in [0.5, 0.6) is 5.88 Å². The van der Waals surface area contributed by atoms with E-state index >= 15 is 0 Å². The minimum Gasteiger partial charge on any atom is -0.481 e. The Labute approximate surface area is 220 Å². The Morgan fingerprint density at radius 2 is 1.79 bits per heavy atom. The van der Waals surface area contributed by atoms with Crippen LogP contribution >= 0.6 is 0 Å². The van der Waals surface area contributed by atoms with E-state index in [2.05, 4.69) is 35.0 Å². The predicted octanol–water partition coefficient (Wildman–Crippen LogP) is 3.34. The Balaban J connectivity index is 1.74. The number of aromatic nitrogens is 7. The quantitative estimate of drug-likeness (QED) is 0.296. The predicted molar refractivity (Wildman–Crippen MR) is 138 cm³/mol. The molecule has 4 heterocycles. The van der Waals surface area contributed by atoms with E-state index in [9.17, 15) is 8.42 Å². The molecule has 0 bridgehead atoms. The van der Waals surface area contributed by atoms with Crippen molar-refractivity contribution < 1.29 is 22.4 Å². The summed E-state index contributed by atoms with van der Waals surface area (Å²) in [4.78, 5) is 13.1. The van der Waals surface area contributed by atoms with Gasteiger partial charge in [0.05, 0.1) is 25.5 Å². The summed E-state index contributed by atoms with van der Waals surface area (Å²) in [7, 11) is -2.59. The number of aryl methyl sites for hydroxylation is 1. The highest BCUT2D eigenvalue weighted by molar-refractivity contribution is 7.93. The number of nitrogens with one attached hydrogen (secondary N) is 1. The molecule has 14 heteroatoms. The molecular weight excluding hydrogens is 512 g/mol. The molecule has 4 aromatic rings. The number of hydrogen-bond donors (Lipinski definition) is 1. The molecule has 38 heavy (non-hydrogen) atoms. The smallest absolute Gasteiger partial charge is 0.240 e. The van der Waals surface area contributed by atoms with E-state index in [4.69, 9.17) is 14.0 Å². The zero-order chi connectivity index (χ0) is 27.4. The number of methoxy groups -OCH3 is 1. The highest BCUT2D eigenvalue weighted by atomic mass is 32.2. The van der Waals surface area contributed by atoms with Gasteiger partial charge >= 0.3 is 0 Å². The fourth-order valence-corrected chi connectivity index (χ4v) is 4.82. The Hall–Kier alpha value is -3.91. The topological polar surface area (TPSA) is 160 Å². The minimum atomic E-state index is -4.09. The highest BCUT2D eigenvalue weighted by Gasteiger charge is 2.36. The average molecular weight is 543 g/mol. The van der Waals surface area contributed by atoms with Crippen molar-refractivity contribution in [1.82, 2.24) is 34.9 Å². The van der Waals surface area contributed by atoms with Crippen LogP contribution < -0.4 is 9.46 Å². The summed E-state index contributed by atoms with van der Waals surface area (Å²) < 4.78 is 48.1. The second-order valence-electron chi connectivity index (χ2n) is 8.95. The molecule has 13 nitrogen and oxygen atoms in total. The third kappa shape index (κ3) is 5.81. The lowest BCUT2D eigenvalue weighted by Gasteiger charge is -2.25. The number of rotatable bonds is 11. The van der Waals surface area contributed by atoms with Gasteiger partial charge < -0.3 is 14.0 Å². The number of sulfonamides is 1. The summed E-state index contributed by atoms with van der Waals surface area (Å²) >= 11 is 0. The van der Waals surface area contributed by atoms with Crippen LogP contribution in [0.3, 0.4) is 0 Å². The maximum atomic E-state index is 13.7. The van der Waals surface area contributed by atoms with Gasteiger partial charge in [-0.05, 0) is 46.2 Å². The molecule has 0 radical (unpaired) electrons. The number of hydrogen-bond acceptors (Lipinski definition) is 11. The molecule has 4 rings (SSSR count). The van der Waals surface area contributed by atoms with E-state index in [0.717, 1.165) is 5.56 Å². The Kier molecular flexibility index (Phi) is 8.02. The summed E-state index contributed by atoms with van der Waals surface area (Å²) in [6, 6.07) is 6.30. The Morgan fingerprint density at radius 1 is 1.05 bits per heavy atom. The van der Waals surface area contributed by atoms with Gasteiger partial charge in [-0.3, -0.25) is 9.29 Å². The van der Waals surface area contributed by atoms with E-state index in [-0.39, 0.29) is 17.9 Å². The molecule has 0 aliphatic rings. The van der Waals surface area contributed by atoms with Crippen molar-refractivity contribution in [3.63, 3.8) is 0 Å². The van der Waals surface area contributed by atoms with Gasteiger partial charge in [-0.15, -0.1) is 10.2 Å². The van der Waals surface area contributed by atoms with Crippen molar-refractivity contribution in [1.29, 1.82) is 0 Å². The second-order valence-corrected chi connectivity index (χ2v) is 11.0. The van der Waals surface area contributed by atoms with Crippen LogP contribution in [0.25, 0.3) is 11.5 Å². The molecule has 0 aliphatic heterocycles. The van der Waals surface area contributed by atoms with Crippen molar-refractivity contribution in [2.75, 3.05) is 11.8 Å². The van der Waals surface area contributed by atoms with Crippen molar-refractivity contribution in [3.05, 3.63) is 60.0 Å². The van der Waals surface area contributed by atoms with Gasteiger partial charge in [-0.2, -0.15) is 0 Å². The highest BCUT2D eigenvalue weighted by Crippen LogP contribution is 2.31. The van der Waals surface area contributed by atoms with Crippen LogP contribution in [-0.2, 0) is 14.8 Å². The third-order valence-corrected chi connectivity index (χ3v) is 7.43. The third-order valence-electron chi connectivity index (χ3n) is 5.74. The molecule has 202 valence electrons. The molecule has 0 saturated heterocycles. The van der Waals surface area contributed by atoms with Crippen LogP contribution in [0.2, 0.25) is 0 Å². The van der Waals surface area contributed by atoms with Crippen LogP contribution in [-0.4, -0.2) is 61.8 Å². The molecule has 0 unspecified atom stereocenters. The second kappa shape index (κ2) is 11.2. The molecule has 4 aromatic heterocycles. The van der Waals surface area contributed by atoms with Gasteiger partial charge in [-0.25, -0.2) is 23.4 Å². The van der Waals surface area contributed by atoms with Gasteiger partial charge in [0.1, 0.15) is 17.0 Å². The zero-order valence-corrected chi connectivity index (χ0v) is 22.7. The molecule has 0 fully saturated rings. The molecule has 0 aromatic carbocycles. The summed E-state index contributed by atoms with van der Waals surface area (Å²) in [6.45, 7) is 8.82. The van der Waals surface area contributed by atoms with Gasteiger partial charge in [0.15, 0.2) is 17.4 Å². The molecule has 0 saturated carbocycles. The number of ether oxygens (including phenoxy) is 2. The molecule has 3 atom stereocenters. The normalized spacial score (nSPS) is 14.3. The van der Waals surface area contributed by atoms with Crippen molar-refractivity contribution in [3.8, 4) is 17.4 Å². The molecule has 0 spiro atoms. The van der Waals surface area contributed by atoms with Gasteiger partial charge in [-0.1, -0.05) is 11.2 Å². The summed E-state index contributed by atoms with van der Waals surface area (Å²) in [6.07, 6.45) is 3.53. The van der Waals surface area contributed by atoms with Gasteiger partial charge in [0.2, 0.25) is 21.9 Å². The van der Waals surface area contributed by atoms with Crippen molar-refractivity contribution in [2.45, 2.75) is 58.1 Å². The summed E-state index contributed by atoms with van der Waals surface area (Å²) in [5, 5.41) is 11.1. The molecule has 0 amide bonds. The molecular formula is C24H30N8O5S. The first-order valence-electron chi connectivity index (χ1n) is 11.9. The van der Waals surface area contributed by atoms with Crippen molar-refractivity contribution in [2.24, 2.45) is 0 Å². The maximum Gasteiger partial charge on any atom is 0.240 e. The number of anilines is 1. The standard InChI is InChI=1S/C24H30N8O5S/c1-14(2)36-21(22-25-12-15(3)13-26-22)17(5)38(33,34)31-24-30-29-23(18-8-7-9-20(28-18)35-6)32(24)16(4)19-10-11-27-37-19/h7-14,16-17,21H,1-6H3,(H,30,31)/t16-,17+,21-/m1/s1. The minimum absolute atomic E-state index is 0.0338. The van der Waals surface area contributed by atoms with E-state index in [1.807, 2.05) is 20.8 Å². The lowest BCUT2D eigenvalue weighted by atomic mass is 10.2. The van der Waals surface area contributed by atoms with E-state index in [1.54, 1.807) is 48.1 Å². The van der Waals surface area contributed by atoms with Crippen LogP contribution in [0.15, 0.2) is 47.4 Å². The van der Waals surface area contributed by atoms with Crippen LogP contribution in [0.4, 0.5) is 5.95 Å².